The van der Waals surface area contributed by atoms with Gasteiger partial charge in [0.1, 0.15) is 0 Å². The number of hydrogen-bond acceptors (Lipinski definition) is 3. The molecule has 1 aliphatic rings. The number of nitrogens with one attached hydrogen (secondary N) is 3. The molecule has 0 spiro atoms. The van der Waals surface area contributed by atoms with E-state index in [1.807, 2.05) is 0 Å². The standard InChI is InChI=1S/C12H25N3O/c1-4-10(5-2)9(3)15-12(16)11-8-13-6-7-14-11/h9-11,13-14H,4-8H2,1-3H3,(H,15,16). The molecule has 1 fully saturated rings. The van der Waals surface area contributed by atoms with Gasteiger partial charge in [-0.25, -0.2) is 0 Å². The van der Waals surface area contributed by atoms with Crippen molar-refractivity contribution in [3.05, 3.63) is 0 Å². The van der Waals surface area contributed by atoms with Crippen molar-refractivity contribution < 1.29 is 4.79 Å². The fraction of sp³-hybridized carbons (Fsp3) is 0.917. The monoisotopic (exact) mass is 227 g/mol. The van der Waals surface area contributed by atoms with E-state index in [9.17, 15) is 4.79 Å². The minimum absolute atomic E-state index is 0.0643. The van der Waals surface area contributed by atoms with E-state index in [0.717, 1.165) is 32.5 Å². The molecular formula is C12H25N3O. The highest BCUT2D eigenvalue weighted by Crippen LogP contribution is 2.12. The van der Waals surface area contributed by atoms with E-state index in [1.165, 1.54) is 0 Å². The number of piperazine rings is 1. The molecule has 2 atom stereocenters. The molecule has 4 nitrogen and oxygen atoms in total. The van der Waals surface area contributed by atoms with Gasteiger partial charge in [0.05, 0.1) is 6.04 Å². The highest BCUT2D eigenvalue weighted by atomic mass is 16.2. The molecule has 0 aromatic carbocycles. The van der Waals surface area contributed by atoms with E-state index in [4.69, 9.17) is 0 Å². The van der Waals surface area contributed by atoms with Crippen LogP contribution in [-0.4, -0.2) is 37.6 Å². The van der Waals surface area contributed by atoms with Gasteiger partial charge in [-0.15, -0.1) is 0 Å². The Kier molecular flexibility index (Phi) is 5.77. The van der Waals surface area contributed by atoms with Gasteiger partial charge in [-0.2, -0.15) is 0 Å². The zero-order chi connectivity index (χ0) is 12.0. The molecule has 0 aliphatic carbocycles. The van der Waals surface area contributed by atoms with Crippen molar-refractivity contribution in [2.45, 2.75) is 45.7 Å². The minimum Gasteiger partial charge on any atom is -0.352 e. The normalized spacial score (nSPS) is 23.1. The summed E-state index contributed by atoms with van der Waals surface area (Å²) in [5.41, 5.74) is 0. The summed E-state index contributed by atoms with van der Waals surface area (Å²) in [6, 6.07) is 0.205. The van der Waals surface area contributed by atoms with Crippen molar-refractivity contribution in [2.24, 2.45) is 5.92 Å². The van der Waals surface area contributed by atoms with Crippen molar-refractivity contribution in [3.63, 3.8) is 0 Å². The molecule has 0 saturated carbocycles. The summed E-state index contributed by atoms with van der Waals surface area (Å²) in [4.78, 5) is 11.9. The summed E-state index contributed by atoms with van der Waals surface area (Å²) in [6.45, 7) is 9.02. The smallest absolute Gasteiger partial charge is 0.238 e. The molecule has 94 valence electrons. The number of carbonyl (C=O) groups excluding carboxylic acids is 1. The third-order valence-corrected chi connectivity index (χ3v) is 3.48. The first-order valence-electron chi connectivity index (χ1n) is 6.43. The Labute approximate surface area is 98.6 Å². The molecule has 1 rings (SSSR count). The summed E-state index contributed by atoms with van der Waals surface area (Å²) < 4.78 is 0. The Balaban J connectivity index is 2.37. The van der Waals surface area contributed by atoms with Crippen molar-refractivity contribution in [3.8, 4) is 0 Å². The molecule has 1 aliphatic heterocycles. The molecule has 0 aromatic heterocycles. The first-order chi connectivity index (χ1) is 7.69. The van der Waals surface area contributed by atoms with Gasteiger partial charge in [0.25, 0.3) is 0 Å². The van der Waals surface area contributed by atoms with Crippen molar-refractivity contribution in [1.29, 1.82) is 0 Å². The molecule has 0 aromatic rings. The summed E-state index contributed by atoms with van der Waals surface area (Å²) in [5, 5.41) is 9.56. The van der Waals surface area contributed by atoms with E-state index in [1.54, 1.807) is 0 Å². The second-order valence-electron chi connectivity index (χ2n) is 4.58. The minimum atomic E-state index is -0.0643. The lowest BCUT2D eigenvalue weighted by Gasteiger charge is -2.28. The molecule has 1 heterocycles. The first-order valence-corrected chi connectivity index (χ1v) is 6.43. The van der Waals surface area contributed by atoms with Crippen LogP contribution in [0.3, 0.4) is 0 Å². The van der Waals surface area contributed by atoms with Crippen molar-refractivity contribution >= 4 is 5.91 Å². The van der Waals surface area contributed by atoms with Gasteiger partial charge in [-0.05, 0) is 12.8 Å². The fourth-order valence-electron chi connectivity index (χ4n) is 2.28. The highest BCUT2D eigenvalue weighted by molar-refractivity contribution is 5.82. The maximum atomic E-state index is 11.9. The van der Waals surface area contributed by atoms with E-state index < -0.39 is 0 Å². The van der Waals surface area contributed by atoms with Gasteiger partial charge in [0.2, 0.25) is 5.91 Å². The molecule has 1 saturated heterocycles. The van der Waals surface area contributed by atoms with Crippen LogP contribution in [0.5, 0.6) is 0 Å². The molecule has 0 radical (unpaired) electrons. The molecular weight excluding hydrogens is 202 g/mol. The van der Waals surface area contributed by atoms with Crippen LogP contribution in [0.2, 0.25) is 0 Å². The van der Waals surface area contributed by atoms with Crippen LogP contribution in [0.1, 0.15) is 33.6 Å². The summed E-state index contributed by atoms with van der Waals surface area (Å²) in [7, 11) is 0. The third-order valence-electron chi connectivity index (χ3n) is 3.48. The van der Waals surface area contributed by atoms with Gasteiger partial charge >= 0.3 is 0 Å². The highest BCUT2D eigenvalue weighted by Gasteiger charge is 2.23. The van der Waals surface area contributed by atoms with Crippen LogP contribution >= 0.6 is 0 Å². The van der Waals surface area contributed by atoms with Gasteiger partial charge in [-0.3, -0.25) is 4.79 Å². The van der Waals surface area contributed by atoms with Crippen LogP contribution in [-0.2, 0) is 4.79 Å². The average molecular weight is 227 g/mol. The van der Waals surface area contributed by atoms with Gasteiger partial charge in [0.15, 0.2) is 0 Å². The fourth-order valence-corrected chi connectivity index (χ4v) is 2.28. The number of hydrogen-bond donors (Lipinski definition) is 3. The number of rotatable bonds is 5. The zero-order valence-corrected chi connectivity index (χ0v) is 10.7. The second-order valence-corrected chi connectivity index (χ2v) is 4.58. The molecule has 4 heteroatoms. The lowest BCUT2D eigenvalue weighted by atomic mass is 9.95. The van der Waals surface area contributed by atoms with Crippen molar-refractivity contribution in [1.82, 2.24) is 16.0 Å². The molecule has 2 unspecified atom stereocenters. The quantitative estimate of drug-likeness (QED) is 0.641. The molecule has 0 bridgehead atoms. The van der Waals surface area contributed by atoms with Crippen molar-refractivity contribution in [2.75, 3.05) is 19.6 Å². The maximum absolute atomic E-state index is 11.9. The van der Waals surface area contributed by atoms with Crippen LogP contribution in [0, 0.1) is 5.92 Å². The zero-order valence-electron chi connectivity index (χ0n) is 10.7. The Bertz CT molecular complexity index is 210. The maximum Gasteiger partial charge on any atom is 0.238 e. The van der Waals surface area contributed by atoms with E-state index in [-0.39, 0.29) is 18.0 Å². The van der Waals surface area contributed by atoms with E-state index in [0.29, 0.717) is 5.92 Å². The number of amides is 1. The SMILES string of the molecule is CCC(CC)C(C)NC(=O)C1CNCCN1. The summed E-state index contributed by atoms with van der Waals surface area (Å²) in [6.07, 6.45) is 2.24. The van der Waals surface area contributed by atoms with Crippen LogP contribution in [0.25, 0.3) is 0 Å². The van der Waals surface area contributed by atoms with E-state index in [2.05, 4.69) is 36.7 Å². The van der Waals surface area contributed by atoms with Gasteiger partial charge in [-0.1, -0.05) is 26.7 Å². The summed E-state index contributed by atoms with van der Waals surface area (Å²) >= 11 is 0. The Morgan fingerprint density at radius 2 is 2.06 bits per heavy atom. The predicted octanol–water partition coefficient (Wildman–Crippen LogP) is 0.489. The first kappa shape index (κ1) is 13.5. The summed E-state index contributed by atoms with van der Waals surface area (Å²) in [5.74, 6) is 0.715. The Hall–Kier alpha value is -0.610. The average Bonchev–Trinajstić information content (AvgIpc) is 2.31. The third kappa shape index (κ3) is 3.76. The largest absolute Gasteiger partial charge is 0.352 e. The predicted molar refractivity (Wildman–Crippen MR) is 66.3 cm³/mol. The molecule has 3 N–H and O–H groups in total. The van der Waals surface area contributed by atoms with Gasteiger partial charge in [0, 0.05) is 25.7 Å². The Morgan fingerprint density at radius 1 is 1.38 bits per heavy atom. The van der Waals surface area contributed by atoms with Crippen LogP contribution < -0.4 is 16.0 Å². The van der Waals surface area contributed by atoms with Gasteiger partial charge < -0.3 is 16.0 Å². The Morgan fingerprint density at radius 3 is 2.56 bits per heavy atom. The number of carbonyl (C=O) groups is 1. The lowest BCUT2D eigenvalue weighted by Crippen LogP contribution is -2.57. The second kappa shape index (κ2) is 6.86. The topological polar surface area (TPSA) is 53.2 Å². The molecule has 16 heavy (non-hydrogen) atoms. The van der Waals surface area contributed by atoms with E-state index >= 15 is 0 Å². The molecule has 1 amide bonds. The van der Waals surface area contributed by atoms with Crippen LogP contribution in [0.4, 0.5) is 0 Å². The van der Waals surface area contributed by atoms with Crippen LogP contribution in [0.15, 0.2) is 0 Å². The lowest BCUT2D eigenvalue weighted by molar-refractivity contribution is -0.124.